The lowest BCUT2D eigenvalue weighted by Gasteiger charge is -2.32. The molecule has 3 rings (SSSR count). The average molecular weight is 357 g/mol. The number of benzene rings is 2. The zero-order chi connectivity index (χ0) is 17.8. The molecule has 132 valence electrons. The van der Waals surface area contributed by atoms with E-state index >= 15 is 0 Å². The molecule has 1 saturated heterocycles. The largest absolute Gasteiger partial charge is 0.326 e. The van der Waals surface area contributed by atoms with Gasteiger partial charge in [0.05, 0.1) is 5.92 Å². The van der Waals surface area contributed by atoms with Gasteiger partial charge in [-0.05, 0) is 68.1 Å². The standard InChI is InChI=1S/C21H25ClN2O/c1-15-5-6-16(2)20(12-15)23-21(25)18-4-3-11-24(14-18)13-17-7-9-19(22)10-8-17/h5-10,12,18H,3-4,11,13-14H2,1-2H3,(H,23,25)/t18-/m0/s1. The Hall–Kier alpha value is -1.84. The summed E-state index contributed by atoms with van der Waals surface area (Å²) in [5.41, 5.74) is 4.43. The van der Waals surface area contributed by atoms with Crippen molar-refractivity contribution in [2.24, 2.45) is 5.92 Å². The summed E-state index contributed by atoms with van der Waals surface area (Å²) < 4.78 is 0. The molecule has 1 aliphatic heterocycles. The third-order valence-electron chi connectivity index (χ3n) is 4.85. The summed E-state index contributed by atoms with van der Waals surface area (Å²) in [4.78, 5) is 15.1. The van der Waals surface area contributed by atoms with E-state index < -0.39 is 0 Å². The van der Waals surface area contributed by atoms with Crippen LogP contribution < -0.4 is 5.32 Å². The first-order chi connectivity index (χ1) is 12.0. The highest BCUT2D eigenvalue weighted by atomic mass is 35.5. The van der Waals surface area contributed by atoms with Crippen molar-refractivity contribution in [1.29, 1.82) is 0 Å². The summed E-state index contributed by atoms with van der Waals surface area (Å²) in [5, 5.41) is 3.89. The molecule has 1 heterocycles. The highest BCUT2D eigenvalue weighted by molar-refractivity contribution is 6.30. The highest BCUT2D eigenvalue weighted by Gasteiger charge is 2.26. The molecule has 0 unspecified atom stereocenters. The maximum Gasteiger partial charge on any atom is 0.228 e. The normalized spacial score (nSPS) is 18.1. The summed E-state index contributed by atoms with van der Waals surface area (Å²) in [6.45, 7) is 6.78. The van der Waals surface area contributed by atoms with Crippen LogP contribution in [0.5, 0.6) is 0 Å². The van der Waals surface area contributed by atoms with Gasteiger partial charge < -0.3 is 5.32 Å². The summed E-state index contributed by atoms with van der Waals surface area (Å²) in [6, 6.07) is 14.1. The SMILES string of the molecule is Cc1ccc(C)c(NC(=O)[C@H]2CCCN(Cc3ccc(Cl)cc3)C2)c1. The number of aryl methyl sites for hydroxylation is 2. The first-order valence-electron chi connectivity index (χ1n) is 8.86. The van der Waals surface area contributed by atoms with E-state index in [4.69, 9.17) is 11.6 Å². The van der Waals surface area contributed by atoms with Crippen LogP contribution in [0.4, 0.5) is 5.69 Å². The Morgan fingerprint density at radius 2 is 1.96 bits per heavy atom. The van der Waals surface area contributed by atoms with E-state index in [0.717, 1.165) is 54.3 Å². The number of nitrogens with zero attached hydrogens (tertiary/aromatic N) is 1. The molecule has 1 N–H and O–H groups in total. The van der Waals surface area contributed by atoms with Crippen molar-refractivity contribution in [2.45, 2.75) is 33.2 Å². The second-order valence-electron chi connectivity index (χ2n) is 7.01. The van der Waals surface area contributed by atoms with Crippen LogP contribution in [-0.4, -0.2) is 23.9 Å². The van der Waals surface area contributed by atoms with Crippen LogP contribution in [0.2, 0.25) is 5.02 Å². The Morgan fingerprint density at radius 1 is 1.20 bits per heavy atom. The van der Waals surface area contributed by atoms with Crippen molar-refractivity contribution in [2.75, 3.05) is 18.4 Å². The first-order valence-corrected chi connectivity index (χ1v) is 9.24. The fourth-order valence-corrected chi connectivity index (χ4v) is 3.49. The molecule has 2 aromatic carbocycles. The van der Waals surface area contributed by atoms with E-state index in [9.17, 15) is 4.79 Å². The number of amides is 1. The second kappa shape index (κ2) is 8.03. The molecule has 1 fully saturated rings. The van der Waals surface area contributed by atoms with E-state index in [0.29, 0.717) is 0 Å². The number of piperidine rings is 1. The molecule has 1 aliphatic rings. The molecule has 0 aliphatic carbocycles. The van der Waals surface area contributed by atoms with Gasteiger partial charge in [0.25, 0.3) is 0 Å². The molecule has 25 heavy (non-hydrogen) atoms. The number of likely N-dealkylation sites (tertiary alicyclic amines) is 1. The Bertz CT molecular complexity index is 742. The molecule has 1 amide bonds. The van der Waals surface area contributed by atoms with Gasteiger partial charge in [0.1, 0.15) is 0 Å². The van der Waals surface area contributed by atoms with Crippen LogP contribution in [0, 0.1) is 19.8 Å². The maximum atomic E-state index is 12.7. The smallest absolute Gasteiger partial charge is 0.228 e. The summed E-state index contributed by atoms with van der Waals surface area (Å²) in [6.07, 6.45) is 2.01. The Kier molecular flexibility index (Phi) is 5.77. The number of rotatable bonds is 4. The molecule has 4 heteroatoms. The van der Waals surface area contributed by atoms with E-state index in [-0.39, 0.29) is 11.8 Å². The molecule has 0 saturated carbocycles. The van der Waals surface area contributed by atoms with Crippen molar-refractivity contribution in [3.05, 3.63) is 64.2 Å². The number of halogens is 1. The monoisotopic (exact) mass is 356 g/mol. The molecule has 0 spiro atoms. The van der Waals surface area contributed by atoms with E-state index in [1.165, 1.54) is 5.56 Å². The minimum Gasteiger partial charge on any atom is -0.326 e. The van der Waals surface area contributed by atoms with E-state index in [1.807, 2.05) is 32.0 Å². The lowest BCUT2D eigenvalue weighted by atomic mass is 9.96. The van der Waals surface area contributed by atoms with Gasteiger partial charge in [-0.25, -0.2) is 0 Å². The summed E-state index contributed by atoms with van der Waals surface area (Å²) in [5.74, 6) is 0.176. The maximum absolute atomic E-state index is 12.7. The fourth-order valence-electron chi connectivity index (χ4n) is 3.37. The zero-order valence-electron chi connectivity index (χ0n) is 14.9. The quantitative estimate of drug-likeness (QED) is 0.852. The van der Waals surface area contributed by atoms with Gasteiger partial charge >= 0.3 is 0 Å². The Morgan fingerprint density at radius 3 is 2.72 bits per heavy atom. The minimum atomic E-state index is 0.0426. The van der Waals surface area contributed by atoms with Crippen molar-refractivity contribution < 1.29 is 4.79 Å². The van der Waals surface area contributed by atoms with Crippen LogP contribution >= 0.6 is 11.6 Å². The van der Waals surface area contributed by atoms with Gasteiger partial charge in [-0.1, -0.05) is 35.9 Å². The van der Waals surface area contributed by atoms with Crippen molar-refractivity contribution >= 4 is 23.2 Å². The fraction of sp³-hybridized carbons (Fsp3) is 0.381. The lowest BCUT2D eigenvalue weighted by molar-refractivity contribution is -0.121. The van der Waals surface area contributed by atoms with Gasteiger partial charge in [-0.15, -0.1) is 0 Å². The van der Waals surface area contributed by atoms with Crippen molar-refractivity contribution in [1.82, 2.24) is 4.90 Å². The van der Waals surface area contributed by atoms with Gasteiger partial charge in [-0.2, -0.15) is 0 Å². The molecule has 1 atom stereocenters. The van der Waals surface area contributed by atoms with Crippen LogP contribution in [0.1, 0.15) is 29.5 Å². The van der Waals surface area contributed by atoms with Crippen LogP contribution in [0.15, 0.2) is 42.5 Å². The van der Waals surface area contributed by atoms with Crippen LogP contribution in [0.25, 0.3) is 0 Å². The molecule has 0 aromatic heterocycles. The number of hydrogen-bond donors (Lipinski definition) is 1. The van der Waals surface area contributed by atoms with Crippen LogP contribution in [0.3, 0.4) is 0 Å². The number of hydrogen-bond acceptors (Lipinski definition) is 2. The molecule has 0 bridgehead atoms. The van der Waals surface area contributed by atoms with Gasteiger partial charge in [-0.3, -0.25) is 9.69 Å². The zero-order valence-corrected chi connectivity index (χ0v) is 15.6. The third-order valence-corrected chi connectivity index (χ3v) is 5.10. The van der Waals surface area contributed by atoms with Gasteiger partial charge in [0.2, 0.25) is 5.91 Å². The Balaban J connectivity index is 1.61. The number of nitrogens with one attached hydrogen (secondary N) is 1. The highest BCUT2D eigenvalue weighted by Crippen LogP contribution is 2.23. The van der Waals surface area contributed by atoms with E-state index in [2.05, 4.69) is 34.5 Å². The van der Waals surface area contributed by atoms with E-state index in [1.54, 1.807) is 0 Å². The van der Waals surface area contributed by atoms with Crippen molar-refractivity contribution in [3.63, 3.8) is 0 Å². The average Bonchev–Trinajstić information content (AvgIpc) is 2.60. The Labute approximate surface area is 155 Å². The minimum absolute atomic E-state index is 0.0426. The van der Waals surface area contributed by atoms with Crippen molar-refractivity contribution in [3.8, 4) is 0 Å². The number of carbonyl (C=O) groups is 1. The number of carbonyl (C=O) groups excluding carboxylic acids is 1. The first kappa shape index (κ1) is 18.0. The molecule has 0 radical (unpaired) electrons. The third kappa shape index (κ3) is 4.83. The molecular weight excluding hydrogens is 332 g/mol. The lowest BCUT2D eigenvalue weighted by Crippen LogP contribution is -2.40. The summed E-state index contributed by atoms with van der Waals surface area (Å²) >= 11 is 5.95. The predicted molar refractivity (Wildman–Crippen MR) is 104 cm³/mol. The summed E-state index contributed by atoms with van der Waals surface area (Å²) in [7, 11) is 0. The predicted octanol–water partition coefficient (Wildman–Crippen LogP) is 4.81. The number of anilines is 1. The second-order valence-corrected chi connectivity index (χ2v) is 7.44. The molecular formula is C21H25ClN2O. The van der Waals surface area contributed by atoms with Gasteiger partial charge in [0.15, 0.2) is 0 Å². The van der Waals surface area contributed by atoms with Crippen LogP contribution in [-0.2, 0) is 11.3 Å². The topological polar surface area (TPSA) is 32.3 Å². The van der Waals surface area contributed by atoms with Gasteiger partial charge in [0, 0.05) is 23.8 Å². The molecule has 2 aromatic rings. The molecule has 3 nitrogen and oxygen atoms in total.